The average Bonchev–Trinajstić information content (AvgIpc) is 2.78. The molecule has 8 nitrogen and oxygen atoms in total. The number of carbonyl (C=O) groups is 1. The molecule has 3 aromatic rings. The first kappa shape index (κ1) is 26.1. The Morgan fingerprint density at radius 2 is 1.24 bits per heavy atom. The van der Waals surface area contributed by atoms with E-state index >= 15 is 0 Å². The van der Waals surface area contributed by atoms with Crippen molar-refractivity contribution in [3.05, 3.63) is 94.0 Å². The fourth-order valence-corrected chi connectivity index (χ4v) is 5.14. The highest BCUT2D eigenvalue weighted by Gasteiger charge is 2.27. The maximum Gasteiger partial charge on any atom is 0.243 e. The standard InChI is InChI=1S/C22H21Cl2N3O5S2/c23-18-5-1-17(2-6-18)14-27(34(31,32)21-11-7-19(24)8-12-21)15-22(28)26-13-16-3-9-20(10-4-16)33(25,29)30/h1-12H,13-15H2,(H,26,28)(H2,25,29,30). The van der Waals surface area contributed by atoms with E-state index in [1.807, 2.05) is 0 Å². The molecule has 12 heteroatoms. The maximum atomic E-state index is 13.3. The molecular formula is C22H21Cl2N3O5S2. The Kier molecular flexibility index (Phi) is 8.34. The van der Waals surface area contributed by atoms with E-state index in [0.717, 1.165) is 4.31 Å². The summed E-state index contributed by atoms with van der Waals surface area (Å²) in [5.74, 6) is -0.540. The molecule has 0 aromatic heterocycles. The van der Waals surface area contributed by atoms with Gasteiger partial charge in [0, 0.05) is 23.1 Å². The predicted octanol–water partition coefficient (Wildman–Crippen LogP) is 3.15. The second kappa shape index (κ2) is 10.9. The summed E-state index contributed by atoms with van der Waals surface area (Å²) in [6.07, 6.45) is 0. The molecule has 0 saturated heterocycles. The second-order valence-electron chi connectivity index (χ2n) is 7.32. The first-order chi connectivity index (χ1) is 15.9. The fourth-order valence-electron chi connectivity index (χ4n) is 2.99. The van der Waals surface area contributed by atoms with Crippen LogP contribution in [0.4, 0.5) is 0 Å². The summed E-state index contributed by atoms with van der Waals surface area (Å²) in [5, 5.41) is 8.61. The van der Waals surface area contributed by atoms with Gasteiger partial charge in [-0.15, -0.1) is 0 Å². The van der Waals surface area contributed by atoms with Gasteiger partial charge >= 0.3 is 0 Å². The van der Waals surface area contributed by atoms with Gasteiger partial charge in [0.1, 0.15) is 0 Å². The largest absolute Gasteiger partial charge is 0.351 e. The van der Waals surface area contributed by atoms with Crippen molar-refractivity contribution in [1.29, 1.82) is 0 Å². The number of primary sulfonamides is 1. The minimum atomic E-state index is -4.03. The van der Waals surface area contributed by atoms with Crippen LogP contribution in [-0.4, -0.2) is 33.6 Å². The lowest BCUT2D eigenvalue weighted by atomic mass is 10.2. The molecule has 3 rings (SSSR count). The number of nitrogens with two attached hydrogens (primary N) is 1. The van der Waals surface area contributed by atoms with E-state index in [1.165, 1.54) is 48.5 Å². The van der Waals surface area contributed by atoms with Crippen molar-refractivity contribution < 1.29 is 21.6 Å². The summed E-state index contributed by atoms with van der Waals surface area (Å²) in [5.41, 5.74) is 1.26. The van der Waals surface area contributed by atoms with Crippen molar-refractivity contribution in [1.82, 2.24) is 9.62 Å². The van der Waals surface area contributed by atoms with Crippen molar-refractivity contribution in [2.75, 3.05) is 6.54 Å². The van der Waals surface area contributed by atoms with Gasteiger partial charge in [0.25, 0.3) is 0 Å². The quantitative estimate of drug-likeness (QED) is 0.430. The van der Waals surface area contributed by atoms with E-state index in [4.69, 9.17) is 28.3 Å². The Hall–Kier alpha value is -2.47. The van der Waals surface area contributed by atoms with E-state index < -0.39 is 32.5 Å². The van der Waals surface area contributed by atoms with Crippen LogP contribution in [0.25, 0.3) is 0 Å². The number of hydrogen-bond donors (Lipinski definition) is 2. The maximum absolute atomic E-state index is 13.3. The van der Waals surface area contributed by atoms with Crippen LogP contribution < -0.4 is 10.5 Å². The molecule has 0 bridgehead atoms. The van der Waals surface area contributed by atoms with Gasteiger partial charge in [-0.05, 0) is 59.7 Å². The lowest BCUT2D eigenvalue weighted by molar-refractivity contribution is -0.121. The third-order valence-corrected chi connectivity index (χ3v) is 8.02. The monoisotopic (exact) mass is 541 g/mol. The molecule has 0 unspecified atom stereocenters. The Labute approximate surface area is 208 Å². The average molecular weight is 542 g/mol. The zero-order valence-electron chi connectivity index (χ0n) is 17.7. The van der Waals surface area contributed by atoms with Gasteiger partial charge < -0.3 is 5.32 Å². The van der Waals surface area contributed by atoms with Gasteiger partial charge in [0.2, 0.25) is 26.0 Å². The molecular weight excluding hydrogens is 521 g/mol. The lowest BCUT2D eigenvalue weighted by Gasteiger charge is -2.22. The molecule has 3 N–H and O–H groups in total. The summed E-state index contributed by atoms with van der Waals surface area (Å²) in [6.45, 7) is -0.430. The van der Waals surface area contributed by atoms with Crippen molar-refractivity contribution in [3.63, 3.8) is 0 Å². The van der Waals surface area contributed by atoms with Gasteiger partial charge in [0.05, 0.1) is 16.3 Å². The zero-order valence-corrected chi connectivity index (χ0v) is 20.8. The second-order valence-corrected chi connectivity index (χ2v) is 11.7. The Bertz CT molecular complexity index is 1360. The summed E-state index contributed by atoms with van der Waals surface area (Å²) < 4.78 is 50.3. The van der Waals surface area contributed by atoms with E-state index in [0.29, 0.717) is 21.2 Å². The number of rotatable bonds is 9. The van der Waals surface area contributed by atoms with Gasteiger partial charge in [-0.2, -0.15) is 4.31 Å². The van der Waals surface area contributed by atoms with Crippen molar-refractivity contribution in [2.24, 2.45) is 5.14 Å². The topological polar surface area (TPSA) is 127 Å². The van der Waals surface area contributed by atoms with E-state index in [1.54, 1.807) is 24.3 Å². The molecule has 0 aliphatic carbocycles. The van der Waals surface area contributed by atoms with Crippen molar-refractivity contribution in [2.45, 2.75) is 22.9 Å². The van der Waals surface area contributed by atoms with Crippen molar-refractivity contribution in [3.8, 4) is 0 Å². The normalized spacial score (nSPS) is 12.0. The van der Waals surface area contributed by atoms with Crippen LogP contribution in [0.2, 0.25) is 10.0 Å². The molecule has 180 valence electrons. The third kappa shape index (κ3) is 7.02. The first-order valence-electron chi connectivity index (χ1n) is 9.84. The fraction of sp³-hybridized carbons (Fsp3) is 0.136. The van der Waals surface area contributed by atoms with Crippen LogP contribution in [0.3, 0.4) is 0 Å². The number of hydrogen-bond acceptors (Lipinski definition) is 5. The van der Waals surface area contributed by atoms with Gasteiger partial charge in [-0.25, -0.2) is 22.0 Å². The molecule has 0 atom stereocenters. The molecule has 0 fully saturated rings. The Balaban J connectivity index is 1.76. The van der Waals surface area contributed by atoms with Gasteiger partial charge in [-0.3, -0.25) is 4.79 Å². The van der Waals surface area contributed by atoms with Crippen LogP contribution in [0.5, 0.6) is 0 Å². The number of nitrogens with zero attached hydrogens (tertiary/aromatic N) is 1. The number of benzene rings is 3. The summed E-state index contributed by atoms with van der Waals surface area (Å²) in [4.78, 5) is 12.6. The molecule has 1 amide bonds. The van der Waals surface area contributed by atoms with Crippen LogP contribution in [0.1, 0.15) is 11.1 Å². The van der Waals surface area contributed by atoms with E-state index in [2.05, 4.69) is 5.32 Å². The highest BCUT2D eigenvalue weighted by atomic mass is 35.5. The minimum absolute atomic E-state index is 0.00255. The first-order valence-corrected chi connectivity index (χ1v) is 13.6. The molecule has 3 aromatic carbocycles. The van der Waals surface area contributed by atoms with Gasteiger partial charge in [0.15, 0.2) is 0 Å². The minimum Gasteiger partial charge on any atom is -0.351 e. The predicted molar refractivity (Wildman–Crippen MR) is 130 cm³/mol. The van der Waals surface area contributed by atoms with Crippen LogP contribution in [0, 0.1) is 0 Å². The Morgan fingerprint density at radius 3 is 1.76 bits per heavy atom. The van der Waals surface area contributed by atoms with E-state index in [9.17, 15) is 21.6 Å². The number of nitrogens with one attached hydrogen (secondary N) is 1. The van der Waals surface area contributed by atoms with Crippen molar-refractivity contribution >= 4 is 49.2 Å². The number of halogens is 2. The SMILES string of the molecule is NS(=O)(=O)c1ccc(CNC(=O)CN(Cc2ccc(Cl)cc2)S(=O)(=O)c2ccc(Cl)cc2)cc1. The summed E-state index contributed by atoms with van der Waals surface area (Å²) >= 11 is 11.8. The smallest absolute Gasteiger partial charge is 0.243 e. The third-order valence-electron chi connectivity index (χ3n) is 4.79. The summed E-state index contributed by atoms with van der Waals surface area (Å²) in [6, 6.07) is 18.0. The highest BCUT2D eigenvalue weighted by molar-refractivity contribution is 7.89. The molecule has 0 aliphatic heterocycles. The molecule has 0 saturated carbocycles. The number of sulfonamides is 2. The van der Waals surface area contributed by atoms with Crippen LogP contribution in [-0.2, 0) is 37.9 Å². The molecule has 0 radical (unpaired) electrons. The van der Waals surface area contributed by atoms with Crippen LogP contribution >= 0.6 is 23.2 Å². The zero-order chi connectivity index (χ0) is 24.9. The number of amides is 1. The lowest BCUT2D eigenvalue weighted by Crippen LogP contribution is -2.40. The highest BCUT2D eigenvalue weighted by Crippen LogP contribution is 2.21. The molecule has 0 spiro atoms. The molecule has 0 heterocycles. The summed E-state index contributed by atoms with van der Waals surface area (Å²) in [7, 11) is -7.85. The molecule has 34 heavy (non-hydrogen) atoms. The van der Waals surface area contributed by atoms with Crippen LogP contribution in [0.15, 0.2) is 82.6 Å². The Morgan fingerprint density at radius 1 is 0.765 bits per heavy atom. The van der Waals surface area contributed by atoms with E-state index in [-0.39, 0.29) is 22.9 Å². The van der Waals surface area contributed by atoms with Gasteiger partial charge in [-0.1, -0.05) is 47.5 Å². The number of carbonyl (C=O) groups excluding carboxylic acids is 1. The molecule has 0 aliphatic rings.